The van der Waals surface area contributed by atoms with Gasteiger partial charge in [0.2, 0.25) is 0 Å². The Morgan fingerprint density at radius 1 is 0.958 bits per heavy atom. The van der Waals surface area contributed by atoms with Crippen LogP contribution in [0.3, 0.4) is 0 Å². The lowest BCUT2D eigenvalue weighted by Gasteiger charge is -2.19. The molecule has 0 bridgehead atoms. The lowest BCUT2D eigenvalue weighted by Crippen LogP contribution is -2.21. The van der Waals surface area contributed by atoms with Crippen LogP contribution in [0.5, 0.6) is 5.75 Å². The van der Waals surface area contributed by atoms with Crippen LogP contribution in [0.2, 0.25) is 0 Å². The summed E-state index contributed by atoms with van der Waals surface area (Å²) in [5.74, 6) is 1.14. The van der Waals surface area contributed by atoms with Gasteiger partial charge >= 0.3 is 0 Å². The fourth-order valence-electron chi connectivity index (χ4n) is 3.01. The van der Waals surface area contributed by atoms with Gasteiger partial charge in [-0.3, -0.25) is 0 Å². The summed E-state index contributed by atoms with van der Waals surface area (Å²) in [5, 5.41) is 1.82. The quantitative estimate of drug-likeness (QED) is 0.636. The minimum Gasteiger partial charge on any atom is -0.497 e. The zero-order chi connectivity index (χ0) is 16.7. The van der Waals surface area contributed by atoms with Crippen LogP contribution in [-0.4, -0.2) is 21.3 Å². The summed E-state index contributed by atoms with van der Waals surface area (Å²) in [5.41, 5.74) is 0. The number of hydrogen-bond donors (Lipinski definition) is 0. The fraction of sp³-hybridized carbons (Fsp3) is 0.278. The van der Waals surface area contributed by atoms with Gasteiger partial charge in [0, 0.05) is 19.3 Å². The third-order valence-corrected chi connectivity index (χ3v) is 8.86. The molecule has 4 rings (SSSR count). The summed E-state index contributed by atoms with van der Waals surface area (Å²) in [6.07, 6.45) is 2.42. The van der Waals surface area contributed by atoms with E-state index < -0.39 is 9.84 Å². The topological polar surface area (TPSA) is 43.4 Å². The van der Waals surface area contributed by atoms with E-state index in [4.69, 9.17) is 4.74 Å². The van der Waals surface area contributed by atoms with Gasteiger partial charge in [0.05, 0.1) is 12.9 Å². The molecule has 1 saturated heterocycles. The van der Waals surface area contributed by atoms with Crippen molar-refractivity contribution in [2.45, 2.75) is 19.3 Å². The maximum Gasteiger partial charge on any atom is 0.162 e. The van der Waals surface area contributed by atoms with Crippen molar-refractivity contribution >= 4 is 42.6 Å². The molecule has 6 heteroatoms. The first-order valence-electron chi connectivity index (χ1n) is 7.83. The Morgan fingerprint density at radius 2 is 1.79 bits per heavy atom. The Hall–Kier alpha value is -1.37. The molecule has 0 N–H and O–H groups in total. The van der Waals surface area contributed by atoms with Gasteiger partial charge in [-0.05, 0) is 54.6 Å². The van der Waals surface area contributed by atoms with Crippen molar-refractivity contribution in [1.29, 1.82) is 0 Å². The Kier molecular flexibility index (Phi) is 4.14. The number of hydrogen-bond acceptors (Lipinski definition) is 5. The van der Waals surface area contributed by atoms with Crippen LogP contribution in [0.4, 0.5) is 0 Å². The third-order valence-electron chi connectivity index (χ3n) is 4.29. The molecule has 3 aromatic rings. The number of methoxy groups -OCH3 is 1. The van der Waals surface area contributed by atoms with Crippen LogP contribution >= 0.6 is 22.7 Å². The van der Waals surface area contributed by atoms with Crippen LogP contribution in [0.15, 0.2) is 36.4 Å². The van der Waals surface area contributed by atoms with Gasteiger partial charge in [-0.15, -0.1) is 22.7 Å². The van der Waals surface area contributed by atoms with Crippen LogP contribution in [0.1, 0.15) is 24.1 Å². The Balaban J connectivity index is 1.69. The second-order valence-electron chi connectivity index (χ2n) is 5.88. The zero-order valence-electron chi connectivity index (χ0n) is 13.2. The van der Waals surface area contributed by atoms with Gasteiger partial charge in [0.15, 0.2) is 9.84 Å². The molecule has 0 amide bonds. The Morgan fingerprint density at radius 3 is 2.58 bits per heavy atom. The molecule has 0 saturated carbocycles. The normalized spacial score (nSPS) is 18.0. The summed E-state index contributed by atoms with van der Waals surface area (Å²) in [6, 6.07) is 12.2. The van der Waals surface area contributed by atoms with Crippen molar-refractivity contribution in [2.24, 2.45) is 0 Å². The average molecular weight is 378 g/mol. The molecule has 125 valence electrons. The van der Waals surface area contributed by atoms with Crippen LogP contribution in [0.25, 0.3) is 19.8 Å². The first kappa shape index (κ1) is 16.1. The Labute approximate surface area is 149 Å². The summed E-state index contributed by atoms with van der Waals surface area (Å²) in [7, 11) is -1.40. The number of rotatable bonds is 3. The number of benzene rings is 1. The first-order valence-corrected chi connectivity index (χ1v) is 11.1. The molecule has 1 aliphatic heterocycles. The van der Waals surface area contributed by atoms with E-state index in [2.05, 4.69) is 12.1 Å². The molecule has 3 heterocycles. The fourth-order valence-corrected chi connectivity index (χ4v) is 7.33. The number of ether oxygens (including phenoxy) is 1. The molecule has 0 spiro atoms. The molecule has 1 aromatic carbocycles. The van der Waals surface area contributed by atoms with Gasteiger partial charge in [-0.1, -0.05) is 6.42 Å². The van der Waals surface area contributed by atoms with E-state index in [1.165, 1.54) is 15.0 Å². The second-order valence-corrected chi connectivity index (χ2v) is 10.2. The molecule has 0 atom stereocenters. The molecule has 24 heavy (non-hydrogen) atoms. The van der Waals surface area contributed by atoms with E-state index in [9.17, 15) is 8.42 Å². The lowest BCUT2D eigenvalue weighted by molar-refractivity contribution is 0.415. The molecular formula is C18H17O3S3. The highest BCUT2D eigenvalue weighted by Gasteiger charge is 2.32. The van der Waals surface area contributed by atoms with Crippen molar-refractivity contribution < 1.29 is 13.2 Å². The SMILES string of the molecule is COc1ccc2cc(-c3ccc([C]4CCCCS4(=O)=O)s3)sc2c1. The highest BCUT2D eigenvalue weighted by molar-refractivity contribution is 7.94. The molecule has 0 unspecified atom stereocenters. The van der Waals surface area contributed by atoms with Crippen LogP contribution < -0.4 is 4.74 Å². The van der Waals surface area contributed by atoms with E-state index in [1.807, 2.05) is 24.3 Å². The van der Waals surface area contributed by atoms with E-state index >= 15 is 0 Å². The molecule has 0 aliphatic carbocycles. The number of sulfone groups is 1. The molecule has 2 aromatic heterocycles. The van der Waals surface area contributed by atoms with Crippen molar-refractivity contribution in [2.75, 3.05) is 12.9 Å². The van der Waals surface area contributed by atoms with Gasteiger partial charge in [0.1, 0.15) is 11.0 Å². The highest BCUT2D eigenvalue weighted by atomic mass is 32.2. The van der Waals surface area contributed by atoms with Gasteiger partial charge in [0.25, 0.3) is 0 Å². The minimum absolute atomic E-state index is 0.290. The molecule has 1 aliphatic rings. The van der Waals surface area contributed by atoms with Crippen LogP contribution in [-0.2, 0) is 9.84 Å². The summed E-state index contributed by atoms with van der Waals surface area (Å²) < 4.78 is 31.1. The van der Waals surface area contributed by atoms with E-state index in [0.29, 0.717) is 11.7 Å². The predicted molar refractivity (Wildman–Crippen MR) is 102 cm³/mol. The van der Waals surface area contributed by atoms with E-state index in [-0.39, 0.29) is 5.75 Å². The molecule has 1 radical (unpaired) electrons. The maximum absolute atomic E-state index is 12.3. The van der Waals surface area contributed by atoms with E-state index in [1.54, 1.807) is 29.8 Å². The predicted octanol–water partition coefficient (Wildman–Crippen LogP) is 5.12. The molecule has 1 fully saturated rings. The van der Waals surface area contributed by atoms with Gasteiger partial charge < -0.3 is 4.74 Å². The standard InChI is InChI=1S/C18H17O3S3/c1-21-13-6-5-12-10-17(23-16(12)11-13)14-7-8-15(22-14)18-4-2-3-9-24(18,19)20/h5-8,10-11H,2-4,9H2,1H3. The van der Waals surface area contributed by atoms with E-state index in [0.717, 1.165) is 28.3 Å². The van der Waals surface area contributed by atoms with Crippen molar-refractivity contribution in [3.05, 3.63) is 46.5 Å². The average Bonchev–Trinajstić information content (AvgIpc) is 3.20. The van der Waals surface area contributed by atoms with Gasteiger partial charge in [-0.2, -0.15) is 0 Å². The third kappa shape index (κ3) is 2.87. The first-order chi connectivity index (χ1) is 11.6. The maximum atomic E-state index is 12.3. The summed E-state index contributed by atoms with van der Waals surface area (Å²) in [4.78, 5) is 3.20. The molecular weight excluding hydrogens is 360 g/mol. The number of thiophene rings is 2. The lowest BCUT2D eigenvalue weighted by atomic mass is 10.1. The summed E-state index contributed by atoms with van der Waals surface area (Å²) in [6.45, 7) is 0. The van der Waals surface area contributed by atoms with Crippen LogP contribution in [0, 0.1) is 5.25 Å². The minimum atomic E-state index is -3.07. The largest absolute Gasteiger partial charge is 0.497 e. The zero-order valence-corrected chi connectivity index (χ0v) is 15.7. The Bertz CT molecular complexity index is 982. The van der Waals surface area contributed by atoms with Gasteiger partial charge in [-0.25, -0.2) is 8.42 Å². The van der Waals surface area contributed by atoms with Crippen molar-refractivity contribution in [3.8, 4) is 15.5 Å². The molecule has 3 nitrogen and oxygen atoms in total. The summed E-state index contributed by atoms with van der Waals surface area (Å²) >= 11 is 3.29. The number of fused-ring (bicyclic) bond motifs is 1. The smallest absolute Gasteiger partial charge is 0.162 e. The monoisotopic (exact) mass is 377 g/mol. The van der Waals surface area contributed by atoms with Crippen molar-refractivity contribution in [1.82, 2.24) is 0 Å². The second kappa shape index (κ2) is 6.17. The highest BCUT2D eigenvalue weighted by Crippen LogP contribution is 2.42. The van der Waals surface area contributed by atoms with Crippen molar-refractivity contribution in [3.63, 3.8) is 0 Å².